The van der Waals surface area contributed by atoms with Crippen molar-refractivity contribution in [1.29, 1.82) is 0 Å². The summed E-state index contributed by atoms with van der Waals surface area (Å²) in [5, 5.41) is 0. The van der Waals surface area contributed by atoms with E-state index >= 15 is 0 Å². The minimum Gasteiger partial charge on any atom is -0.0987 e. The van der Waals surface area contributed by atoms with Gasteiger partial charge in [0.25, 0.3) is 0 Å². The van der Waals surface area contributed by atoms with Crippen molar-refractivity contribution in [3.8, 4) is 11.1 Å². The van der Waals surface area contributed by atoms with Gasteiger partial charge in [-0.2, -0.15) is 0 Å². The largest absolute Gasteiger partial charge is 0.0987 e. The summed E-state index contributed by atoms with van der Waals surface area (Å²) in [6.45, 7) is 12.8. The molecule has 0 spiro atoms. The van der Waals surface area contributed by atoms with Crippen LogP contribution in [0, 0.1) is 6.92 Å². The van der Waals surface area contributed by atoms with Crippen LogP contribution in [-0.2, 0) is 5.41 Å². The third-order valence-electron chi connectivity index (χ3n) is 4.84. The van der Waals surface area contributed by atoms with E-state index in [2.05, 4.69) is 88.9 Å². The highest BCUT2D eigenvalue weighted by Crippen LogP contribution is 2.48. The molecule has 2 aromatic rings. The molecule has 0 N–H and O–H groups in total. The van der Waals surface area contributed by atoms with Gasteiger partial charge in [0.05, 0.1) is 0 Å². The molecule has 0 heterocycles. The van der Waals surface area contributed by atoms with E-state index in [1.54, 1.807) is 0 Å². The Balaban J connectivity index is 2.19. The van der Waals surface area contributed by atoms with E-state index in [4.69, 9.17) is 0 Å². The highest BCUT2D eigenvalue weighted by Gasteiger charge is 2.35. The van der Waals surface area contributed by atoms with Gasteiger partial charge in [-0.1, -0.05) is 80.6 Å². The zero-order valence-corrected chi connectivity index (χ0v) is 14.5. The average molecular weight is 300 g/mol. The van der Waals surface area contributed by atoms with Gasteiger partial charge in [-0.25, -0.2) is 0 Å². The lowest BCUT2D eigenvalue weighted by atomic mass is 9.80. The lowest BCUT2D eigenvalue weighted by Gasteiger charge is -2.23. The van der Waals surface area contributed by atoms with Crippen LogP contribution in [0.1, 0.15) is 37.5 Å². The molecule has 0 bridgehead atoms. The Labute approximate surface area is 139 Å². The molecule has 0 aliphatic heterocycles. The summed E-state index contributed by atoms with van der Waals surface area (Å²) in [6.07, 6.45) is 6.33. The van der Waals surface area contributed by atoms with Gasteiger partial charge >= 0.3 is 0 Å². The first-order valence-electron chi connectivity index (χ1n) is 8.21. The molecule has 0 atom stereocenters. The summed E-state index contributed by atoms with van der Waals surface area (Å²) in [4.78, 5) is 0. The van der Waals surface area contributed by atoms with Gasteiger partial charge in [-0.15, -0.1) is 0 Å². The molecule has 0 saturated heterocycles. The molecule has 0 fully saturated rings. The lowest BCUT2D eigenvalue weighted by Crippen LogP contribution is -2.16. The first-order valence-corrected chi connectivity index (χ1v) is 8.21. The molecule has 0 heteroatoms. The standard InChI is InChI=1S/C23H24/c1-6-9-19-20-13-12-18(17-11-8-10-16(3)14-17)15-22(20)23(4,5)21(19)7-2/h6-15H,2H2,1,3-5H3/b9-6-. The predicted octanol–water partition coefficient (Wildman–Crippen LogP) is 6.47. The highest BCUT2D eigenvalue weighted by molar-refractivity contribution is 5.89. The van der Waals surface area contributed by atoms with E-state index in [1.165, 1.54) is 39.0 Å². The van der Waals surface area contributed by atoms with E-state index in [0.29, 0.717) is 0 Å². The first kappa shape index (κ1) is 15.6. The fraction of sp³-hybridized carbons (Fsp3) is 0.217. The Bertz CT molecular complexity index is 829. The zero-order chi connectivity index (χ0) is 16.6. The topological polar surface area (TPSA) is 0 Å². The third-order valence-corrected chi connectivity index (χ3v) is 4.84. The molecule has 0 radical (unpaired) electrons. The number of aryl methyl sites for hydroxylation is 1. The Morgan fingerprint density at radius 1 is 1.00 bits per heavy atom. The van der Waals surface area contributed by atoms with Gasteiger partial charge in [0.15, 0.2) is 0 Å². The van der Waals surface area contributed by atoms with Gasteiger partial charge in [0.1, 0.15) is 0 Å². The highest BCUT2D eigenvalue weighted by atomic mass is 14.4. The van der Waals surface area contributed by atoms with E-state index in [-0.39, 0.29) is 5.41 Å². The summed E-state index contributed by atoms with van der Waals surface area (Å²) >= 11 is 0. The van der Waals surface area contributed by atoms with E-state index in [9.17, 15) is 0 Å². The maximum atomic E-state index is 4.05. The number of fused-ring (bicyclic) bond motifs is 1. The number of allylic oxidation sites excluding steroid dienone is 5. The fourth-order valence-corrected chi connectivity index (χ4v) is 3.64. The average Bonchev–Trinajstić information content (AvgIpc) is 2.74. The van der Waals surface area contributed by atoms with Crippen LogP contribution in [0.4, 0.5) is 0 Å². The van der Waals surface area contributed by atoms with E-state index in [1.807, 2.05) is 6.08 Å². The predicted molar refractivity (Wildman–Crippen MR) is 102 cm³/mol. The molecule has 3 rings (SSSR count). The molecular weight excluding hydrogens is 276 g/mol. The van der Waals surface area contributed by atoms with Crippen LogP contribution in [0.3, 0.4) is 0 Å². The summed E-state index contributed by atoms with van der Waals surface area (Å²) in [5.74, 6) is 0. The smallest absolute Gasteiger partial charge is 0.0158 e. The Morgan fingerprint density at radius 3 is 2.39 bits per heavy atom. The number of hydrogen-bond acceptors (Lipinski definition) is 0. The molecule has 0 amide bonds. The van der Waals surface area contributed by atoms with Gasteiger partial charge in [-0.05, 0) is 53.3 Å². The molecule has 1 aliphatic rings. The Kier molecular flexibility index (Phi) is 3.85. The summed E-state index contributed by atoms with van der Waals surface area (Å²) in [7, 11) is 0. The van der Waals surface area contributed by atoms with Crippen LogP contribution in [0.5, 0.6) is 0 Å². The van der Waals surface area contributed by atoms with E-state index < -0.39 is 0 Å². The number of benzene rings is 2. The van der Waals surface area contributed by atoms with Crippen molar-refractivity contribution in [2.75, 3.05) is 0 Å². The van der Waals surface area contributed by atoms with Crippen molar-refractivity contribution in [3.63, 3.8) is 0 Å². The first-order chi connectivity index (χ1) is 11.0. The number of rotatable bonds is 3. The van der Waals surface area contributed by atoms with Crippen molar-refractivity contribution in [1.82, 2.24) is 0 Å². The minimum absolute atomic E-state index is 0.00817. The molecule has 2 aromatic carbocycles. The Morgan fingerprint density at radius 2 is 1.74 bits per heavy atom. The maximum Gasteiger partial charge on any atom is 0.0158 e. The summed E-state index contributed by atoms with van der Waals surface area (Å²) < 4.78 is 0. The van der Waals surface area contributed by atoms with Gasteiger partial charge in [0, 0.05) is 5.41 Å². The minimum atomic E-state index is -0.00817. The van der Waals surface area contributed by atoms with Gasteiger partial charge in [-0.3, -0.25) is 0 Å². The SMILES string of the molecule is C=CC1=C(/C=C\C)c2ccc(-c3cccc(C)c3)cc2C1(C)C. The quantitative estimate of drug-likeness (QED) is 0.609. The molecule has 0 unspecified atom stereocenters. The van der Waals surface area contributed by atoms with Gasteiger partial charge in [0.2, 0.25) is 0 Å². The summed E-state index contributed by atoms with van der Waals surface area (Å²) in [5.41, 5.74) is 9.19. The van der Waals surface area contributed by atoms with Crippen molar-refractivity contribution in [3.05, 3.63) is 89.5 Å². The molecule has 116 valence electrons. The van der Waals surface area contributed by atoms with E-state index in [0.717, 1.165) is 0 Å². The third kappa shape index (κ3) is 2.49. The second-order valence-electron chi connectivity index (χ2n) is 6.79. The van der Waals surface area contributed by atoms with Crippen molar-refractivity contribution in [2.24, 2.45) is 0 Å². The van der Waals surface area contributed by atoms with Crippen LogP contribution in [-0.4, -0.2) is 0 Å². The second kappa shape index (κ2) is 5.70. The molecular formula is C23H24. The van der Waals surface area contributed by atoms with Crippen LogP contribution in [0.15, 0.2) is 72.8 Å². The van der Waals surface area contributed by atoms with Gasteiger partial charge < -0.3 is 0 Å². The molecule has 0 saturated carbocycles. The monoisotopic (exact) mass is 300 g/mol. The van der Waals surface area contributed by atoms with Crippen molar-refractivity contribution in [2.45, 2.75) is 33.1 Å². The molecule has 23 heavy (non-hydrogen) atoms. The maximum absolute atomic E-state index is 4.05. The van der Waals surface area contributed by atoms with Crippen LogP contribution >= 0.6 is 0 Å². The number of hydrogen-bond donors (Lipinski definition) is 0. The lowest BCUT2D eigenvalue weighted by molar-refractivity contribution is 0.655. The van der Waals surface area contributed by atoms with Crippen molar-refractivity contribution >= 4 is 5.57 Å². The normalized spacial score (nSPS) is 16.0. The van der Waals surface area contributed by atoms with Crippen LogP contribution in [0.2, 0.25) is 0 Å². The second-order valence-corrected chi connectivity index (χ2v) is 6.79. The fourth-order valence-electron chi connectivity index (χ4n) is 3.64. The summed E-state index contributed by atoms with van der Waals surface area (Å²) in [6, 6.07) is 15.6. The molecule has 0 nitrogen and oxygen atoms in total. The van der Waals surface area contributed by atoms with Crippen molar-refractivity contribution < 1.29 is 0 Å². The molecule has 0 aromatic heterocycles. The Hall–Kier alpha value is -2.34. The van der Waals surface area contributed by atoms with Crippen LogP contribution in [0.25, 0.3) is 16.7 Å². The molecule has 1 aliphatic carbocycles. The van der Waals surface area contributed by atoms with Crippen LogP contribution < -0.4 is 0 Å². The zero-order valence-electron chi connectivity index (χ0n) is 14.5.